The lowest BCUT2D eigenvalue weighted by Gasteiger charge is -2.25. The molecule has 0 bridgehead atoms. The minimum Gasteiger partial charge on any atom is -0.348 e. The molecule has 2 aromatic heterocycles. The Kier molecular flexibility index (Phi) is 5.70. The van der Waals surface area contributed by atoms with Gasteiger partial charge in [0.2, 0.25) is 10.0 Å². The van der Waals surface area contributed by atoms with Crippen molar-refractivity contribution in [1.82, 2.24) is 24.4 Å². The number of piperidine rings is 1. The zero-order chi connectivity index (χ0) is 23.2. The SMILES string of the molecule is Cc1nn(C)c2nc(C3CC3)cc(C(=O)NCc3ccc(S(=O)(=O)N4CCCCC4)cc3)c12. The number of hydrogen-bond acceptors (Lipinski definition) is 5. The molecule has 2 aliphatic rings. The normalized spacial score (nSPS) is 17.4. The molecular weight excluding hydrogens is 438 g/mol. The molecule has 3 aromatic rings. The summed E-state index contributed by atoms with van der Waals surface area (Å²) in [5.41, 5.74) is 3.89. The summed E-state index contributed by atoms with van der Waals surface area (Å²) in [6, 6.07) is 8.70. The number of nitrogens with zero attached hydrogens (tertiary/aromatic N) is 4. The molecule has 1 aliphatic heterocycles. The zero-order valence-electron chi connectivity index (χ0n) is 19.0. The molecule has 33 heavy (non-hydrogen) atoms. The predicted octanol–water partition coefficient (Wildman–Crippen LogP) is 3.26. The van der Waals surface area contributed by atoms with Gasteiger partial charge in [0.05, 0.1) is 21.5 Å². The number of hydrogen-bond donors (Lipinski definition) is 1. The number of benzene rings is 1. The van der Waals surface area contributed by atoms with Crippen LogP contribution in [0.15, 0.2) is 35.2 Å². The lowest BCUT2D eigenvalue weighted by Crippen LogP contribution is -2.35. The highest BCUT2D eigenvalue weighted by molar-refractivity contribution is 7.89. The molecule has 0 unspecified atom stereocenters. The molecule has 1 aliphatic carbocycles. The Bertz CT molecular complexity index is 1300. The van der Waals surface area contributed by atoms with Crippen molar-refractivity contribution < 1.29 is 13.2 Å². The molecule has 5 rings (SSSR count). The number of amides is 1. The van der Waals surface area contributed by atoms with Gasteiger partial charge in [0.15, 0.2) is 5.65 Å². The van der Waals surface area contributed by atoms with Crippen molar-refractivity contribution in [1.29, 1.82) is 0 Å². The fraction of sp³-hybridized carbons (Fsp3) is 0.458. The van der Waals surface area contributed by atoms with E-state index in [0.29, 0.717) is 36.0 Å². The van der Waals surface area contributed by atoms with Gasteiger partial charge in [-0.15, -0.1) is 0 Å². The van der Waals surface area contributed by atoms with Gasteiger partial charge in [0.1, 0.15) is 0 Å². The van der Waals surface area contributed by atoms with Crippen molar-refractivity contribution in [3.8, 4) is 0 Å². The average molecular weight is 468 g/mol. The maximum Gasteiger partial charge on any atom is 0.252 e. The summed E-state index contributed by atoms with van der Waals surface area (Å²) in [6.07, 6.45) is 5.09. The molecule has 2 fully saturated rings. The van der Waals surface area contributed by atoms with Gasteiger partial charge < -0.3 is 5.32 Å². The highest BCUT2D eigenvalue weighted by atomic mass is 32.2. The third-order valence-electron chi connectivity index (χ3n) is 6.56. The minimum absolute atomic E-state index is 0.176. The molecule has 8 nitrogen and oxygen atoms in total. The first kappa shape index (κ1) is 22.0. The van der Waals surface area contributed by atoms with Crippen LogP contribution in [0.4, 0.5) is 0 Å². The third kappa shape index (κ3) is 4.27. The zero-order valence-corrected chi connectivity index (χ0v) is 19.9. The minimum atomic E-state index is -3.46. The second-order valence-electron chi connectivity index (χ2n) is 9.07. The van der Waals surface area contributed by atoms with Crippen LogP contribution in [0.5, 0.6) is 0 Å². The Hall–Kier alpha value is -2.78. The first-order valence-corrected chi connectivity index (χ1v) is 13.0. The van der Waals surface area contributed by atoms with Crippen LogP contribution in [0.2, 0.25) is 0 Å². The second kappa shape index (κ2) is 8.53. The molecule has 174 valence electrons. The van der Waals surface area contributed by atoms with Crippen molar-refractivity contribution >= 4 is 27.0 Å². The summed E-state index contributed by atoms with van der Waals surface area (Å²) < 4.78 is 29.0. The maximum atomic E-state index is 13.1. The van der Waals surface area contributed by atoms with Gasteiger partial charge in [0.25, 0.3) is 5.91 Å². The summed E-state index contributed by atoms with van der Waals surface area (Å²) >= 11 is 0. The van der Waals surface area contributed by atoms with E-state index in [0.717, 1.165) is 60.1 Å². The van der Waals surface area contributed by atoms with Gasteiger partial charge in [-0.25, -0.2) is 13.4 Å². The van der Waals surface area contributed by atoms with Gasteiger partial charge >= 0.3 is 0 Å². The van der Waals surface area contributed by atoms with Crippen LogP contribution in [-0.4, -0.2) is 46.5 Å². The van der Waals surface area contributed by atoms with E-state index in [1.54, 1.807) is 33.3 Å². The molecular formula is C24H29N5O3S. The molecule has 1 saturated carbocycles. The van der Waals surface area contributed by atoms with Crippen LogP contribution >= 0.6 is 0 Å². The molecule has 0 atom stereocenters. The highest BCUT2D eigenvalue weighted by Crippen LogP contribution is 2.40. The van der Waals surface area contributed by atoms with Crippen molar-refractivity contribution in [2.75, 3.05) is 13.1 Å². The molecule has 9 heteroatoms. The molecule has 0 spiro atoms. The summed E-state index contributed by atoms with van der Waals surface area (Å²) in [5, 5.41) is 8.23. The number of aromatic nitrogens is 3. The van der Waals surface area contributed by atoms with Gasteiger partial charge in [-0.05, 0) is 56.4 Å². The van der Waals surface area contributed by atoms with Crippen molar-refractivity contribution in [3.63, 3.8) is 0 Å². The summed E-state index contributed by atoms with van der Waals surface area (Å²) in [5.74, 6) is 0.246. The van der Waals surface area contributed by atoms with Crippen molar-refractivity contribution in [3.05, 3.63) is 52.8 Å². The summed E-state index contributed by atoms with van der Waals surface area (Å²) in [6.45, 7) is 3.36. The largest absolute Gasteiger partial charge is 0.348 e. The molecule has 1 aromatic carbocycles. The van der Waals surface area contributed by atoms with Crippen LogP contribution in [0.25, 0.3) is 11.0 Å². The number of nitrogens with one attached hydrogen (secondary N) is 1. The lowest BCUT2D eigenvalue weighted by atomic mass is 10.1. The van der Waals surface area contributed by atoms with Crippen LogP contribution in [-0.2, 0) is 23.6 Å². The number of carbonyl (C=O) groups excluding carboxylic acids is 1. The molecule has 0 radical (unpaired) electrons. The van der Waals surface area contributed by atoms with E-state index in [1.165, 1.54) is 0 Å². The van der Waals surface area contributed by atoms with Crippen LogP contribution < -0.4 is 5.32 Å². The quantitative estimate of drug-likeness (QED) is 0.600. The maximum absolute atomic E-state index is 13.1. The van der Waals surface area contributed by atoms with Crippen molar-refractivity contribution in [2.45, 2.75) is 56.4 Å². The van der Waals surface area contributed by atoms with Crippen LogP contribution in [0, 0.1) is 6.92 Å². The van der Waals surface area contributed by atoms with Gasteiger partial charge in [-0.3, -0.25) is 9.48 Å². The van der Waals surface area contributed by atoms with E-state index < -0.39 is 10.0 Å². The Balaban J connectivity index is 1.33. The molecule has 1 N–H and O–H groups in total. The van der Waals surface area contributed by atoms with E-state index in [-0.39, 0.29) is 5.91 Å². The van der Waals surface area contributed by atoms with E-state index in [9.17, 15) is 13.2 Å². The predicted molar refractivity (Wildman–Crippen MR) is 125 cm³/mol. The molecule has 1 saturated heterocycles. The molecule has 1 amide bonds. The van der Waals surface area contributed by atoms with E-state index >= 15 is 0 Å². The fourth-order valence-corrected chi connectivity index (χ4v) is 6.06. The Morgan fingerprint density at radius 2 is 1.82 bits per heavy atom. The number of fused-ring (bicyclic) bond motifs is 1. The topological polar surface area (TPSA) is 97.2 Å². The Morgan fingerprint density at radius 1 is 1.12 bits per heavy atom. The number of carbonyl (C=O) groups is 1. The monoisotopic (exact) mass is 467 g/mol. The Morgan fingerprint density at radius 3 is 2.48 bits per heavy atom. The number of sulfonamides is 1. The first-order chi connectivity index (χ1) is 15.8. The number of pyridine rings is 1. The van der Waals surface area contributed by atoms with Crippen LogP contribution in [0.1, 0.15) is 65.3 Å². The second-order valence-corrected chi connectivity index (χ2v) is 11.0. The van der Waals surface area contributed by atoms with Gasteiger partial charge in [-0.1, -0.05) is 18.6 Å². The Labute approximate surface area is 194 Å². The average Bonchev–Trinajstić information content (AvgIpc) is 3.64. The number of rotatable bonds is 6. The van der Waals surface area contributed by atoms with Gasteiger partial charge in [-0.2, -0.15) is 9.40 Å². The van der Waals surface area contributed by atoms with E-state index in [2.05, 4.69) is 10.4 Å². The number of aryl methyl sites for hydroxylation is 2. The lowest BCUT2D eigenvalue weighted by molar-refractivity contribution is 0.0952. The van der Waals surface area contributed by atoms with E-state index in [4.69, 9.17) is 4.98 Å². The highest BCUT2D eigenvalue weighted by Gasteiger charge is 2.29. The first-order valence-electron chi connectivity index (χ1n) is 11.6. The third-order valence-corrected chi connectivity index (χ3v) is 8.47. The van der Waals surface area contributed by atoms with E-state index in [1.807, 2.05) is 20.0 Å². The smallest absolute Gasteiger partial charge is 0.252 e. The summed E-state index contributed by atoms with van der Waals surface area (Å²) in [7, 11) is -1.61. The summed E-state index contributed by atoms with van der Waals surface area (Å²) in [4.78, 5) is 18.2. The standard InChI is InChI=1S/C24H29N5O3S/c1-16-22-20(14-21(18-8-9-18)26-23(22)28(2)27-16)24(30)25-15-17-6-10-19(11-7-17)33(31,32)29-12-4-3-5-13-29/h6-7,10-11,14,18H,3-5,8-9,12-13,15H2,1-2H3,(H,25,30). The van der Waals surface area contributed by atoms with Crippen molar-refractivity contribution in [2.24, 2.45) is 7.05 Å². The van der Waals surface area contributed by atoms with Gasteiger partial charge in [0, 0.05) is 38.3 Å². The van der Waals surface area contributed by atoms with Crippen LogP contribution in [0.3, 0.4) is 0 Å². The molecule has 3 heterocycles. The fourth-order valence-electron chi connectivity index (χ4n) is 4.54.